The number of hydrogen-bond donors (Lipinski definition) is 2. The van der Waals surface area contributed by atoms with Crippen molar-refractivity contribution in [1.82, 2.24) is 15.2 Å². The number of amides is 3. The topological polar surface area (TPSA) is 105 Å². The van der Waals surface area contributed by atoms with Crippen molar-refractivity contribution in [3.8, 4) is 0 Å². The number of carbonyl (C=O) groups excluding carboxylic acids is 3. The first kappa shape index (κ1) is 14.4. The molecule has 0 radical (unpaired) electrons. The first-order valence-electron chi connectivity index (χ1n) is 7.11. The van der Waals surface area contributed by atoms with Crippen LogP contribution in [0.1, 0.15) is 34.5 Å². The van der Waals surface area contributed by atoms with Crippen molar-refractivity contribution in [3.63, 3.8) is 0 Å². The molecule has 22 heavy (non-hydrogen) atoms. The Morgan fingerprint density at radius 2 is 2.23 bits per heavy atom. The third kappa shape index (κ3) is 2.39. The van der Waals surface area contributed by atoms with Gasteiger partial charge in [0.05, 0.1) is 5.69 Å². The first-order chi connectivity index (χ1) is 10.6. The fourth-order valence-corrected chi connectivity index (χ4v) is 2.83. The fraction of sp³-hybridized carbons (Fsp3) is 0.333. The molecule has 3 amide bonds. The number of hydrogen-bond acceptors (Lipinski definition) is 5. The summed E-state index contributed by atoms with van der Waals surface area (Å²) in [6.07, 6.45) is 5.71. The van der Waals surface area contributed by atoms with Crippen molar-refractivity contribution < 1.29 is 14.4 Å². The van der Waals surface area contributed by atoms with E-state index in [2.05, 4.69) is 10.3 Å². The number of imide groups is 1. The summed E-state index contributed by atoms with van der Waals surface area (Å²) in [6, 6.07) is 1.05. The monoisotopic (exact) mass is 300 g/mol. The summed E-state index contributed by atoms with van der Waals surface area (Å²) in [5, 5.41) is 2.28. The summed E-state index contributed by atoms with van der Waals surface area (Å²) in [4.78, 5) is 41.5. The van der Waals surface area contributed by atoms with Crippen molar-refractivity contribution in [2.75, 3.05) is 6.54 Å². The minimum absolute atomic E-state index is 0.200. The Kier molecular flexibility index (Phi) is 3.72. The number of piperidine rings is 1. The van der Waals surface area contributed by atoms with E-state index in [0.29, 0.717) is 30.8 Å². The maximum Gasteiger partial charge on any atom is 0.255 e. The van der Waals surface area contributed by atoms with Gasteiger partial charge in [0.1, 0.15) is 6.04 Å². The van der Waals surface area contributed by atoms with Crippen LogP contribution < -0.4 is 11.1 Å². The highest BCUT2D eigenvalue weighted by atomic mass is 16.2. The van der Waals surface area contributed by atoms with E-state index in [-0.39, 0.29) is 18.2 Å². The molecule has 3 rings (SSSR count). The van der Waals surface area contributed by atoms with E-state index < -0.39 is 11.9 Å². The second-order valence-corrected chi connectivity index (χ2v) is 5.26. The number of aromatic nitrogens is 1. The molecule has 3 heterocycles. The largest absolute Gasteiger partial charge is 0.327 e. The average Bonchev–Trinajstić information content (AvgIpc) is 2.83. The Morgan fingerprint density at radius 1 is 1.41 bits per heavy atom. The lowest BCUT2D eigenvalue weighted by molar-refractivity contribution is -0.136. The van der Waals surface area contributed by atoms with Gasteiger partial charge in [-0.3, -0.25) is 24.7 Å². The molecule has 0 spiro atoms. The van der Waals surface area contributed by atoms with Crippen LogP contribution in [-0.4, -0.2) is 40.2 Å². The Morgan fingerprint density at radius 3 is 2.95 bits per heavy atom. The highest BCUT2D eigenvalue weighted by molar-refractivity contribution is 6.05. The van der Waals surface area contributed by atoms with Gasteiger partial charge >= 0.3 is 0 Å². The molecule has 2 aliphatic heterocycles. The lowest BCUT2D eigenvalue weighted by Gasteiger charge is -2.29. The molecule has 1 fully saturated rings. The lowest BCUT2D eigenvalue weighted by Crippen LogP contribution is -2.52. The van der Waals surface area contributed by atoms with Gasteiger partial charge in [-0.05, 0) is 18.6 Å². The van der Waals surface area contributed by atoms with Crippen molar-refractivity contribution in [3.05, 3.63) is 35.2 Å². The van der Waals surface area contributed by atoms with Crippen LogP contribution in [0.3, 0.4) is 0 Å². The number of nitrogens with one attached hydrogen (secondary N) is 1. The van der Waals surface area contributed by atoms with E-state index in [4.69, 9.17) is 5.73 Å². The highest BCUT2D eigenvalue weighted by Crippen LogP contribution is 2.29. The zero-order chi connectivity index (χ0) is 15.7. The van der Waals surface area contributed by atoms with Crippen molar-refractivity contribution in [1.29, 1.82) is 0 Å². The van der Waals surface area contributed by atoms with E-state index in [9.17, 15) is 14.4 Å². The molecule has 7 nitrogen and oxygen atoms in total. The third-order valence-electron chi connectivity index (χ3n) is 3.91. The summed E-state index contributed by atoms with van der Waals surface area (Å²) in [6.45, 7) is 0.703. The van der Waals surface area contributed by atoms with Crippen LogP contribution in [0, 0.1) is 0 Å². The normalized spacial score (nSPS) is 21.4. The average molecular weight is 300 g/mol. The quantitative estimate of drug-likeness (QED) is 0.753. The predicted molar refractivity (Wildman–Crippen MR) is 78.4 cm³/mol. The molecule has 114 valence electrons. The van der Waals surface area contributed by atoms with Crippen LogP contribution in [0.15, 0.2) is 18.3 Å². The smallest absolute Gasteiger partial charge is 0.255 e. The second kappa shape index (κ2) is 5.69. The van der Waals surface area contributed by atoms with Gasteiger partial charge in [-0.2, -0.15) is 0 Å². The SMILES string of the molecule is NC/C=C/c1nccc2c1CN(C1CCC(=O)NC1=O)C2=O. The van der Waals surface area contributed by atoms with Crippen LogP contribution in [0.5, 0.6) is 0 Å². The van der Waals surface area contributed by atoms with Crippen LogP contribution in [0.2, 0.25) is 0 Å². The minimum atomic E-state index is -0.607. The highest BCUT2D eigenvalue weighted by Gasteiger charge is 2.39. The molecule has 0 bridgehead atoms. The van der Waals surface area contributed by atoms with Crippen molar-refractivity contribution in [2.45, 2.75) is 25.4 Å². The van der Waals surface area contributed by atoms with Crippen LogP contribution in [-0.2, 0) is 16.1 Å². The molecule has 0 aromatic carbocycles. The number of carbonyl (C=O) groups is 3. The molecule has 1 aromatic heterocycles. The Labute approximate surface area is 127 Å². The van der Waals surface area contributed by atoms with Gasteiger partial charge in [0.25, 0.3) is 5.91 Å². The Hall–Kier alpha value is -2.54. The number of rotatable bonds is 3. The van der Waals surface area contributed by atoms with Crippen LogP contribution in [0.25, 0.3) is 6.08 Å². The molecule has 1 atom stereocenters. The minimum Gasteiger partial charge on any atom is -0.327 e. The van der Waals surface area contributed by atoms with E-state index in [1.165, 1.54) is 4.90 Å². The van der Waals surface area contributed by atoms with Gasteiger partial charge in [-0.15, -0.1) is 0 Å². The first-order valence-corrected chi connectivity index (χ1v) is 7.11. The molecule has 1 saturated heterocycles. The zero-order valence-corrected chi connectivity index (χ0v) is 11.9. The molecule has 7 heteroatoms. The van der Waals surface area contributed by atoms with Crippen LogP contribution >= 0.6 is 0 Å². The predicted octanol–water partition coefficient (Wildman–Crippen LogP) is -0.186. The van der Waals surface area contributed by atoms with E-state index in [1.54, 1.807) is 24.4 Å². The van der Waals surface area contributed by atoms with Gasteiger partial charge < -0.3 is 10.6 Å². The molecule has 1 unspecified atom stereocenters. The Balaban J connectivity index is 1.89. The number of nitrogens with zero attached hydrogens (tertiary/aromatic N) is 2. The fourth-order valence-electron chi connectivity index (χ4n) is 2.83. The van der Waals surface area contributed by atoms with Gasteiger partial charge in [-0.1, -0.05) is 6.08 Å². The third-order valence-corrected chi connectivity index (χ3v) is 3.91. The summed E-state index contributed by atoms with van der Waals surface area (Å²) >= 11 is 0. The van der Waals surface area contributed by atoms with E-state index in [1.807, 2.05) is 0 Å². The standard InChI is InChI=1S/C15H16N4O3/c16-6-1-2-11-10-8-19(15(22)9(10)5-7-17-11)12-3-4-13(20)18-14(12)21/h1-2,5,7,12H,3-4,6,8,16H2,(H,18,20,21)/b2-1+. The summed E-state index contributed by atoms with van der Waals surface area (Å²) in [7, 11) is 0. The van der Waals surface area contributed by atoms with Crippen molar-refractivity contribution >= 4 is 23.8 Å². The molecule has 0 aliphatic carbocycles. The van der Waals surface area contributed by atoms with Gasteiger partial charge in [-0.25, -0.2) is 0 Å². The van der Waals surface area contributed by atoms with Crippen LogP contribution in [0.4, 0.5) is 0 Å². The molecular formula is C15H16N4O3. The molecule has 0 saturated carbocycles. The molecule has 1 aromatic rings. The molecule has 3 N–H and O–H groups in total. The van der Waals surface area contributed by atoms with Gasteiger partial charge in [0, 0.05) is 36.8 Å². The summed E-state index contributed by atoms with van der Waals surface area (Å²) < 4.78 is 0. The summed E-state index contributed by atoms with van der Waals surface area (Å²) in [5.41, 5.74) is 7.48. The number of pyridine rings is 1. The second-order valence-electron chi connectivity index (χ2n) is 5.26. The van der Waals surface area contributed by atoms with E-state index in [0.717, 1.165) is 5.56 Å². The molecule has 2 aliphatic rings. The maximum absolute atomic E-state index is 12.5. The van der Waals surface area contributed by atoms with Gasteiger partial charge in [0.2, 0.25) is 11.8 Å². The van der Waals surface area contributed by atoms with Crippen molar-refractivity contribution in [2.24, 2.45) is 5.73 Å². The maximum atomic E-state index is 12.5. The lowest BCUT2D eigenvalue weighted by atomic mass is 10.0. The van der Waals surface area contributed by atoms with Gasteiger partial charge in [0.15, 0.2) is 0 Å². The number of fused-ring (bicyclic) bond motifs is 1. The Bertz CT molecular complexity index is 683. The summed E-state index contributed by atoms with van der Waals surface area (Å²) in [5.74, 6) is -0.905. The molecular weight excluding hydrogens is 284 g/mol. The van der Waals surface area contributed by atoms with E-state index >= 15 is 0 Å². The zero-order valence-electron chi connectivity index (χ0n) is 11.9. The number of nitrogens with two attached hydrogens (primary N) is 1.